The van der Waals surface area contributed by atoms with Gasteiger partial charge in [0.15, 0.2) is 11.5 Å². The van der Waals surface area contributed by atoms with Crippen molar-refractivity contribution < 1.29 is 17.9 Å². The van der Waals surface area contributed by atoms with Crippen LogP contribution in [-0.2, 0) is 10.0 Å². The summed E-state index contributed by atoms with van der Waals surface area (Å²) in [6, 6.07) is 1.39. The van der Waals surface area contributed by atoms with E-state index in [1.807, 2.05) is 0 Å². The van der Waals surface area contributed by atoms with Crippen LogP contribution in [0.1, 0.15) is 0 Å². The number of rotatable bonds is 1. The molecule has 82 valence electrons. The van der Waals surface area contributed by atoms with E-state index in [2.05, 4.69) is 0 Å². The first kappa shape index (κ1) is 10.3. The largest absolute Gasteiger partial charge is 0.453 e. The number of nitrogens with two attached hydrogens (primary N) is 2. The minimum absolute atomic E-state index is 0.0108. The Kier molecular flexibility index (Phi) is 2.18. The molecule has 0 aromatic heterocycles. The van der Waals surface area contributed by atoms with Crippen LogP contribution < -0.4 is 20.3 Å². The molecule has 0 atom stereocenters. The highest BCUT2D eigenvalue weighted by Gasteiger charge is 2.29. The van der Waals surface area contributed by atoms with Gasteiger partial charge in [0.25, 0.3) is 0 Å². The van der Waals surface area contributed by atoms with Gasteiger partial charge in [-0.15, -0.1) is 0 Å². The summed E-state index contributed by atoms with van der Waals surface area (Å²) in [4.78, 5) is -0.336. The number of ether oxygens (including phenoxy) is 2. The first-order chi connectivity index (χ1) is 6.91. The molecule has 1 aliphatic rings. The second-order valence-electron chi connectivity index (χ2n) is 2.89. The van der Waals surface area contributed by atoms with Crippen LogP contribution in [0.25, 0.3) is 0 Å². The number of benzene rings is 1. The fraction of sp³-hybridized carbons (Fsp3) is 0.143. The summed E-state index contributed by atoms with van der Waals surface area (Å²) in [5.41, 5.74) is 5.58. The van der Waals surface area contributed by atoms with Gasteiger partial charge in [-0.05, 0) is 0 Å². The van der Waals surface area contributed by atoms with Gasteiger partial charge in [-0.2, -0.15) is 0 Å². The summed E-state index contributed by atoms with van der Waals surface area (Å²) in [5, 5.41) is 4.85. The number of nitrogen functional groups attached to an aromatic ring is 1. The first-order valence-corrected chi connectivity index (χ1v) is 5.74. The monoisotopic (exact) mass is 250 g/mol. The third-order valence-electron chi connectivity index (χ3n) is 1.87. The molecule has 0 spiro atoms. The number of primary sulfonamides is 1. The molecule has 8 heteroatoms. The molecular formula is C7H7ClN2O4S. The Hall–Kier alpha value is -1.18. The van der Waals surface area contributed by atoms with E-state index in [4.69, 9.17) is 31.9 Å². The summed E-state index contributed by atoms with van der Waals surface area (Å²) in [7, 11) is -4.00. The van der Waals surface area contributed by atoms with Crippen molar-refractivity contribution in [3.8, 4) is 11.5 Å². The highest BCUT2D eigenvalue weighted by molar-refractivity contribution is 7.89. The summed E-state index contributed by atoms with van der Waals surface area (Å²) < 4.78 is 32.5. The van der Waals surface area contributed by atoms with E-state index in [0.29, 0.717) is 0 Å². The molecule has 0 radical (unpaired) electrons. The van der Waals surface area contributed by atoms with Crippen LogP contribution in [0.4, 0.5) is 5.69 Å². The van der Waals surface area contributed by atoms with Gasteiger partial charge in [0.1, 0.15) is 4.90 Å². The van der Waals surface area contributed by atoms with Gasteiger partial charge in [-0.1, -0.05) is 11.6 Å². The molecule has 1 aromatic carbocycles. The lowest BCUT2D eigenvalue weighted by molar-refractivity contribution is 0.172. The lowest BCUT2D eigenvalue weighted by Gasteiger charge is -2.07. The Labute approximate surface area is 90.8 Å². The Bertz CT molecular complexity index is 528. The quantitative estimate of drug-likeness (QED) is 0.698. The average Bonchev–Trinajstić information content (AvgIpc) is 2.50. The number of hydrogen-bond acceptors (Lipinski definition) is 5. The van der Waals surface area contributed by atoms with E-state index in [9.17, 15) is 8.42 Å². The van der Waals surface area contributed by atoms with Crippen LogP contribution in [0.15, 0.2) is 11.0 Å². The van der Waals surface area contributed by atoms with Crippen LogP contribution in [0.2, 0.25) is 5.02 Å². The zero-order valence-corrected chi connectivity index (χ0v) is 8.93. The van der Waals surface area contributed by atoms with E-state index in [1.54, 1.807) is 0 Å². The van der Waals surface area contributed by atoms with Gasteiger partial charge < -0.3 is 15.2 Å². The van der Waals surface area contributed by atoms with Crippen molar-refractivity contribution in [3.63, 3.8) is 0 Å². The lowest BCUT2D eigenvalue weighted by atomic mass is 10.3. The maximum atomic E-state index is 11.3. The maximum Gasteiger partial charge on any atom is 0.243 e. The molecule has 1 heterocycles. The van der Waals surface area contributed by atoms with Gasteiger partial charge in [0.05, 0.1) is 10.7 Å². The first-order valence-electron chi connectivity index (χ1n) is 3.81. The molecule has 0 fully saturated rings. The van der Waals surface area contributed by atoms with Crippen molar-refractivity contribution in [2.45, 2.75) is 4.90 Å². The predicted octanol–water partition coefficient (Wildman–Crippen LogP) is 0.298. The number of fused-ring (bicyclic) bond motifs is 1. The van der Waals surface area contributed by atoms with Crippen LogP contribution in [0.5, 0.6) is 11.5 Å². The average molecular weight is 251 g/mol. The molecular weight excluding hydrogens is 244 g/mol. The molecule has 2 rings (SSSR count). The summed E-state index contributed by atoms with van der Waals surface area (Å²) in [5.74, 6) is 0.234. The smallest absolute Gasteiger partial charge is 0.243 e. The van der Waals surface area contributed by atoms with Crippen molar-refractivity contribution >= 4 is 27.3 Å². The van der Waals surface area contributed by atoms with Crippen LogP contribution >= 0.6 is 11.6 Å². The van der Waals surface area contributed by atoms with E-state index >= 15 is 0 Å². The number of halogens is 1. The second-order valence-corrected chi connectivity index (χ2v) is 4.76. The fourth-order valence-electron chi connectivity index (χ4n) is 1.26. The van der Waals surface area contributed by atoms with Crippen molar-refractivity contribution in [2.24, 2.45) is 5.14 Å². The van der Waals surface area contributed by atoms with E-state index < -0.39 is 10.0 Å². The van der Waals surface area contributed by atoms with Crippen molar-refractivity contribution in [1.29, 1.82) is 0 Å². The lowest BCUT2D eigenvalue weighted by Crippen LogP contribution is -2.14. The molecule has 0 saturated heterocycles. The molecule has 1 aliphatic heterocycles. The van der Waals surface area contributed by atoms with Gasteiger partial charge >= 0.3 is 0 Å². The van der Waals surface area contributed by atoms with E-state index in [1.165, 1.54) is 6.07 Å². The van der Waals surface area contributed by atoms with E-state index in [-0.39, 0.29) is 33.9 Å². The molecule has 0 amide bonds. The summed E-state index contributed by atoms with van der Waals surface area (Å²) in [6.07, 6.45) is 0. The highest BCUT2D eigenvalue weighted by atomic mass is 35.5. The third-order valence-corrected chi connectivity index (χ3v) is 3.35. The topological polar surface area (TPSA) is 105 Å². The maximum absolute atomic E-state index is 11.3. The molecule has 0 aliphatic carbocycles. The normalized spacial score (nSPS) is 14.3. The Morgan fingerprint density at radius 1 is 1.40 bits per heavy atom. The zero-order chi connectivity index (χ0) is 11.2. The third kappa shape index (κ3) is 1.58. The molecule has 0 saturated carbocycles. The van der Waals surface area contributed by atoms with Crippen molar-refractivity contribution in [3.05, 3.63) is 11.1 Å². The Morgan fingerprint density at radius 2 is 2.07 bits per heavy atom. The fourth-order valence-corrected chi connectivity index (χ4v) is 2.51. The minimum atomic E-state index is -4.00. The Balaban J connectivity index is 2.83. The van der Waals surface area contributed by atoms with Gasteiger partial charge in [0, 0.05) is 6.07 Å². The van der Waals surface area contributed by atoms with Crippen LogP contribution in [0.3, 0.4) is 0 Å². The van der Waals surface area contributed by atoms with Crippen molar-refractivity contribution in [1.82, 2.24) is 0 Å². The highest BCUT2D eigenvalue weighted by Crippen LogP contribution is 2.44. The molecule has 0 bridgehead atoms. The molecule has 15 heavy (non-hydrogen) atoms. The van der Waals surface area contributed by atoms with Crippen molar-refractivity contribution in [2.75, 3.05) is 12.5 Å². The zero-order valence-electron chi connectivity index (χ0n) is 7.36. The summed E-state index contributed by atoms with van der Waals surface area (Å²) >= 11 is 5.74. The standard InChI is InChI=1S/C7H7ClN2O4S/c8-5-3(9)1-4-6(14-2-13-4)7(5)15(10,11)12/h1H,2,9H2,(H2,10,11,12). The molecule has 6 nitrogen and oxygen atoms in total. The van der Waals surface area contributed by atoms with E-state index in [0.717, 1.165) is 0 Å². The number of hydrogen-bond donors (Lipinski definition) is 2. The van der Waals surface area contributed by atoms with Crippen LogP contribution in [0, 0.1) is 0 Å². The molecule has 1 aromatic rings. The van der Waals surface area contributed by atoms with Gasteiger partial charge in [-0.3, -0.25) is 0 Å². The number of sulfonamides is 1. The molecule has 4 N–H and O–H groups in total. The Morgan fingerprint density at radius 3 is 2.67 bits per heavy atom. The minimum Gasteiger partial charge on any atom is -0.453 e. The van der Waals surface area contributed by atoms with Gasteiger partial charge in [-0.25, -0.2) is 13.6 Å². The summed E-state index contributed by atoms with van der Waals surface area (Å²) in [6.45, 7) is -0.0857. The SMILES string of the molecule is Nc1cc2c(c(S(N)(=O)=O)c1Cl)OCO2. The van der Waals surface area contributed by atoms with Crippen LogP contribution in [-0.4, -0.2) is 15.2 Å². The van der Waals surface area contributed by atoms with Gasteiger partial charge in [0.2, 0.25) is 16.8 Å². The second kappa shape index (κ2) is 3.16. The molecule has 0 unspecified atom stereocenters. The predicted molar refractivity (Wildman–Crippen MR) is 53.4 cm³/mol. The number of anilines is 1.